The Morgan fingerprint density at radius 1 is 1.22 bits per heavy atom. The van der Waals surface area contributed by atoms with Gasteiger partial charge in [-0.1, -0.05) is 30.3 Å². The molecule has 3 atom stereocenters. The number of rotatable bonds is 4. The van der Waals surface area contributed by atoms with Crippen LogP contribution >= 0.6 is 15.9 Å². The van der Waals surface area contributed by atoms with E-state index >= 15 is 0 Å². The summed E-state index contributed by atoms with van der Waals surface area (Å²) in [5.41, 5.74) is 1.12. The number of carbonyl (C=O) groups excluding carboxylic acids is 1. The van der Waals surface area contributed by atoms with E-state index in [2.05, 4.69) is 25.5 Å². The topological polar surface area (TPSA) is 75.4 Å². The van der Waals surface area contributed by atoms with Crippen molar-refractivity contribution in [3.8, 4) is 0 Å². The van der Waals surface area contributed by atoms with Crippen LogP contribution in [0, 0.1) is 17.8 Å². The van der Waals surface area contributed by atoms with Crippen LogP contribution < -0.4 is 0 Å². The molecule has 2 aliphatic rings. The average molecular weight is 432 g/mol. The number of fused-ring (bicyclic) bond motifs is 1. The molecule has 7 heteroatoms. The highest BCUT2D eigenvalue weighted by atomic mass is 79.9. The summed E-state index contributed by atoms with van der Waals surface area (Å²) in [5.74, 6) is -0.489. The van der Waals surface area contributed by atoms with Gasteiger partial charge in [-0.2, -0.15) is 0 Å². The first kappa shape index (κ1) is 18.2. The largest absolute Gasteiger partial charge is 0.481 e. The number of aromatic nitrogens is 2. The van der Waals surface area contributed by atoms with E-state index in [1.54, 1.807) is 11.1 Å². The molecular formula is C20H22BrN3O3. The molecular weight excluding hydrogens is 410 g/mol. The standard InChI is InChI=1S/C20H22BrN3O3/c21-17-10-22-18-9-14(6-7-24(17)18)19(25)23-11-15(16(12-23)20(26)27)8-13-4-2-1-3-5-13/h1-5,10,14-16H,6-9,11-12H2,(H,26,27)/t14?,15-,16-/m1/s1. The summed E-state index contributed by atoms with van der Waals surface area (Å²) in [5, 5.41) is 9.65. The van der Waals surface area contributed by atoms with Crippen molar-refractivity contribution in [2.75, 3.05) is 13.1 Å². The molecule has 1 aromatic carbocycles. The zero-order chi connectivity index (χ0) is 19.0. The van der Waals surface area contributed by atoms with Gasteiger partial charge < -0.3 is 14.6 Å². The van der Waals surface area contributed by atoms with Gasteiger partial charge in [0.15, 0.2) is 0 Å². The van der Waals surface area contributed by atoms with E-state index in [-0.39, 0.29) is 17.7 Å². The summed E-state index contributed by atoms with van der Waals surface area (Å²) >= 11 is 3.48. The molecule has 1 amide bonds. The van der Waals surface area contributed by atoms with Gasteiger partial charge in [0.1, 0.15) is 10.4 Å². The molecule has 0 aliphatic carbocycles. The monoisotopic (exact) mass is 431 g/mol. The smallest absolute Gasteiger partial charge is 0.308 e. The Kier molecular flexibility index (Phi) is 5.04. The molecule has 0 saturated carbocycles. The lowest BCUT2D eigenvalue weighted by Crippen LogP contribution is -2.38. The highest BCUT2D eigenvalue weighted by Crippen LogP contribution is 2.31. The van der Waals surface area contributed by atoms with Crippen LogP contribution in [0.25, 0.3) is 0 Å². The third-order valence-electron chi connectivity index (χ3n) is 5.78. The van der Waals surface area contributed by atoms with Gasteiger partial charge in [-0.05, 0) is 40.3 Å². The van der Waals surface area contributed by atoms with Crippen LogP contribution in [0.4, 0.5) is 0 Å². The van der Waals surface area contributed by atoms with E-state index in [0.717, 1.165) is 29.0 Å². The lowest BCUT2D eigenvalue weighted by atomic mass is 9.90. The van der Waals surface area contributed by atoms with E-state index < -0.39 is 11.9 Å². The van der Waals surface area contributed by atoms with E-state index in [1.165, 1.54) is 0 Å². The van der Waals surface area contributed by atoms with Crippen LogP contribution in [0.3, 0.4) is 0 Å². The summed E-state index contributed by atoms with van der Waals surface area (Å²) in [7, 11) is 0. The molecule has 1 saturated heterocycles. The Morgan fingerprint density at radius 2 is 2.00 bits per heavy atom. The second-order valence-corrected chi connectivity index (χ2v) is 8.29. The van der Waals surface area contributed by atoms with Crippen molar-refractivity contribution in [3.63, 3.8) is 0 Å². The number of carboxylic acids is 1. The molecule has 3 heterocycles. The Labute approximate surface area is 166 Å². The minimum atomic E-state index is -0.811. The maximum Gasteiger partial charge on any atom is 0.308 e. The molecule has 142 valence electrons. The van der Waals surface area contributed by atoms with Crippen molar-refractivity contribution in [2.24, 2.45) is 17.8 Å². The van der Waals surface area contributed by atoms with Gasteiger partial charge in [0.25, 0.3) is 0 Å². The van der Waals surface area contributed by atoms with Gasteiger partial charge in [-0.25, -0.2) is 4.98 Å². The van der Waals surface area contributed by atoms with Crippen molar-refractivity contribution in [1.82, 2.24) is 14.5 Å². The predicted molar refractivity (Wildman–Crippen MR) is 103 cm³/mol. The summed E-state index contributed by atoms with van der Waals surface area (Å²) in [6.07, 6.45) is 3.83. The van der Waals surface area contributed by atoms with Gasteiger partial charge in [-0.15, -0.1) is 0 Å². The average Bonchev–Trinajstić information content (AvgIpc) is 3.26. The molecule has 6 nitrogen and oxygen atoms in total. The zero-order valence-electron chi connectivity index (χ0n) is 14.9. The fraction of sp³-hybridized carbons (Fsp3) is 0.450. The maximum absolute atomic E-state index is 13.1. The quantitative estimate of drug-likeness (QED) is 0.806. The minimum Gasteiger partial charge on any atom is -0.481 e. The first-order valence-electron chi connectivity index (χ1n) is 9.28. The van der Waals surface area contributed by atoms with Crippen molar-refractivity contribution in [2.45, 2.75) is 25.8 Å². The third-order valence-corrected chi connectivity index (χ3v) is 6.41. The predicted octanol–water partition coefficient (Wildman–Crippen LogP) is 2.61. The number of hydrogen-bond acceptors (Lipinski definition) is 3. The molecule has 0 spiro atoms. The number of imidazole rings is 1. The fourth-order valence-electron chi connectivity index (χ4n) is 4.32. The number of carboxylic acid groups (broad SMARTS) is 1. The Morgan fingerprint density at radius 3 is 2.74 bits per heavy atom. The van der Waals surface area contributed by atoms with Gasteiger partial charge in [-0.3, -0.25) is 9.59 Å². The second-order valence-electron chi connectivity index (χ2n) is 7.48. The number of aliphatic carboxylic acids is 1. The van der Waals surface area contributed by atoms with E-state index in [0.29, 0.717) is 25.9 Å². The molecule has 2 aromatic rings. The van der Waals surface area contributed by atoms with Crippen LogP contribution in [0.5, 0.6) is 0 Å². The number of nitrogens with zero attached hydrogens (tertiary/aromatic N) is 3. The maximum atomic E-state index is 13.1. The number of likely N-dealkylation sites (tertiary alicyclic amines) is 1. The molecule has 2 aliphatic heterocycles. The number of amides is 1. The number of carbonyl (C=O) groups is 2. The highest BCUT2D eigenvalue weighted by molar-refractivity contribution is 9.10. The lowest BCUT2D eigenvalue weighted by molar-refractivity contribution is -0.142. The highest BCUT2D eigenvalue weighted by Gasteiger charge is 2.41. The number of benzene rings is 1. The van der Waals surface area contributed by atoms with Gasteiger partial charge in [0.05, 0.1) is 12.1 Å². The summed E-state index contributed by atoms with van der Waals surface area (Å²) < 4.78 is 3.03. The zero-order valence-corrected chi connectivity index (χ0v) is 16.5. The van der Waals surface area contributed by atoms with E-state index in [4.69, 9.17) is 0 Å². The van der Waals surface area contributed by atoms with Gasteiger partial charge in [0, 0.05) is 32.0 Å². The molecule has 1 N–H and O–H groups in total. The number of halogens is 1. The molecule has 1 aromatic heterocycles. The Balaban J connectivity index is 1.46. The van der Waals surface area contributed by atoms with Crippen LogP contribution in [-0.4, -0.2) is 44.5 Å². The van der Waals surface area contributed by atoms with Crippen LogP contribution in [0.15, 0.2) is 41.1 Å². The first-order valence-corrected chi connectivity index (χ1v) is 10.1. The van der Waals surface area contributed by atoms with Crippen LogP contribution in [0.1, 0.15) is 17.8 Å². The molecule has 0 radical (unpaired) electrons. The third kappa shape index (κ3) is 3.65. The van der Waals surface area contributed by atoms with Crippen LogP contribution in [-0.2, 0) is 29.0 Å². The molecule has 4 rings (SSSR count). The van der Waals surface area contributed by atoms with Crippen molar-refractivity contribution in [1.29, 1.82) is 0 Å². The van der Waals surface area contributed by atoms with E-state index in [9.17, 15) is 14.7 Å². The van der Waals surface area contributed by atoms with Crippen molar-refractivity contribution >= 4 is 27.8 Å². The van der Waals surface area contributed by atoms with Gasteiger partial charge in [0.2, 0.25) is 5.91 Å². The van der Waals surface area contributed by atoms with Crippen LogP contribution in [0.2, 0.25) is 0 Å². The number of hydrogen-bond donors (Lipinski definition) is 1. The summed E-state index contributed by atoms with van der Waals surface area (Å²) in [6.45, 7) is 1.58. The lowest BCUT2D eigenvalue weighted by Gasteiger charge is -2.27. The van der Waals surface area contributed by atoms with Gasteiger partial charge >= 0.3 is 5.97 Å². The minimum absolute atomic E-state index is 0.0476. The molecule has 0 bridgehead atoms. The first-order chi connectivity index (χ1) is 13.0. The Hall–Kier alpha value is -2.15. The SMILES string of the molecule is O=C(O)[C@@H]1CN(C(=O)C2CCn3c(Br)cnc3C2)C[C@H]1Cc1ccccc1. The molecule has 27 heavy (non-hydrogen) atoms. The second kappa shape index (κ2) is 7.46. The van der Waals surface area contributed by atoms with Crippen molar-refractivity contribution < 1.29 is 14.7 Å². The molecule has 1 unspecified atom stereocenters. The summed E-state index contributed by atoms with van der Waals surface area (Å²) in [4.78, 5) is 31.0. The fourth-order valence-corrected chi connectivity index (χ4v) is 4.80. The van der Waals surface area contributed by atoms with Crippen molar-refractivity contribution in [3.05, 3.63) is 52.5 Å². The normalized spacial score (nSPS) is 24.6. The Bertz CT molecular complexity index is 851. The molecule has 1 fully saturated rings. The van der Waals surface area contributed by atoms with E-state index in [1.807, 2.05) is 30.3 Å². The summed E-state index contributed by atoms with van der Waals surface area (Å²) in [6, 6.07) is 9.91.